The maximum Gasteiger partial charge on any atom is 0.292 e. The summed E-state index contributed by atoms with van der Waals surface area (Å²) in [5.74, 6) is 0.333. The molecule has 0 radical (unpaired) electrons. The van der Waals surface area contributed by atoms with Crippen molar-refractivity contribution in [2.45, 2.75) is 38.1 Å². The molecule has 0 saturated heterocycles. The van der Waals surface area contributed by atoms with Crippen molar-refractivity contribution in [2.24, 2.45) is 0 Å². The maximum absolute atomic E-state index is 12.2. The van der Waals surface area contributed by atoms with E-state index in [9.17, 15) is 4.79 Å². The van der Waals surface area contributed by atoms with Gasteiger partial charge in [0.25, 0.3) is 12.4 Å². The normalized spacial score (nSPS) is 14.2. The minimum Gasteiger partial charge on any atom is -0.471 e. The molecule has 2 aromatic heterocycles. The molecule has 8 heteroatoms. The number of nitrogens with one attached hydrogen (secondary N) is 1. The monoisotopic (exact) mass is 333 g/mol. The summed E-state index contributed by atoms with van der Waals surface area (Å²) in [5.41, 5.74) is 0.397. The minimum absolute atomic E-state index is 0. The number of aromatic nitrogens is 4. The van der Waals surface area contributed by atoms with Crippen LogP contribution in [0, 0.1) is 0 Å². The van der Waals surface area contributed by atoms with Gasteiger partial charge in [-0.1, -0.05) is 19.3 Å². The van der Waals surface area contributed by atoms with Gasteiger partial charge in [-0.2, -0.15) is 0 Å². The van der Waals surface area contributed by atoms with E-state index in [0.717, 1.165) is 12.8 Å². The molecule has 1 fully saturated rings. The summed E-state index contributed by atoms with van der Waals surface area (Å²) in [4.78, 5) is 33.5. The Balaban J connectivity index is 0.000000568. The Morgan fingerprint density at radius 2 is 2.12 bits per heavy atom. The van der Waals surface area contributed by atoms with Crippen LogP contribution in [0.2, 0.25) is 0 Å². The van der Waals surface area contributed by atoms with Crippen molar-refractivity contribution in [3.63, 3.8) is 0 Å². The van der Waals surface area contributed by atoms with E-state index in [1.165, 1.54) is 26.4 Å². The molecule has 1 aliphatic rings. The van der Waals surface area contributed by atoms with Crippen molar-refractivity contribution in [1.29, 1.82) is 0 Å². The lowest BCUT2D eigenvalue weighted by Crippen LogP contribution is -2.36. The molecule has 0 unspecified atom stereocenters. The molecule has 1 amide bonds. The van der Waals surface area contributed by atoms with E-state index < -0.39 is 0 Å². The van der Waals surface area contributed by atoms with Gasteiger partial charge >= 0.3 is 0 Å². The van der Waals surface area contributed by atoms with Crippen molar-refractivity contribution in [2.75, 3.05) is 7.11 Å². The van der Waals surface area contributed by atoms with Gasteiger partial charge in [0.15, 0.2) is 0 Å². The highest BCUT2D eigenvalue weighted by Gasteiger charge is 2.17. The lowest BCUT2D eigenvalue weighted by Gasteiger charge is -2.22. The van der Waals surface area contributed by atoms with E-state index in [-0.39, 0.29) is 13.4 Å². The average molecular weight is 333 g/mol. The largest absolute Gasteiger partial charge is 0.471 e. The average Bonchev–Trinajstić information content (AvgIpc) is 3.18. The molecule has 1 aliphatic carbocycles. The lowest BCUT2D eigenvalue weighted by molar-refractivity contribution is -0.126. The Morgan fingerprint density at radius 1 is 1.38 bits per heavy atom. The third kappa shape index (κ3) is 5.15. The summed E-state index contributed by atoms with van der Waals surface area (Å²) >= 11 is 0. The van der Waals surface area contributed by atoms with Crippen LogP contribution in [0.1, 0.15) is 44.0 Å². The minimum atomic E-state index is -0.124. The SMILES string of the molecule is COC=O.O=C(NC1CCCCC1)c1ccnc(-n2ccnc2)n1.[HH]. The first kappa shape index (κ1) is 17.6. The molecule has 0 spiro atoms. The standard InChI is InChI=1S/C14H17N5O.C2H4O2.H2/c20-13(17-11-4-2-1-3-5-11)12-6-7-16-14(18-12)19-9-8-15-10-19;1-4-2-3;/h6-11H,1-5H2,(H,17,20);2H,1H3;1H. The van der Waals surface area contributed by atoms with Crippen molar-refractivity contribution in [1.82, 2.24) is 24.8 Å². The lowest BCUT2D eigenvalue weighted by atomic mass is 9.95. The molecule has 8 nitrogen and oxygen atoms in total. The van der Waals surface area contributed by atoms with Crippen LogP contribution in [-0.2, 0) is 9.53 Å². The topological polar surface area (TPSA) is 99.0 Å². The Kier molecular flexibility index (Phi) is 6.88. The quantitative estimate of drug-likeness (QED) is 0.856. The fourth-order valence-corrected chi connectivity index (χ4v) is 2.48. The second kappa shape index (κ2) is 9.39. The fourth-order valence-electron chi connectivity index (χ4n) is 2.48. The zero-order valence-corrected chi connectivity index (χ0v) is 13.6. The highest BCUT2D eigenvalue weighted by molar-refractivity contribution is 5.92. The molecular formula is C16H23N5O3. The van der Waals surface area contributed by atoms with Gasteiger partial charge in [-0.05, 0) is 18.9 Å². The smallest absolute Gasteiger partial charge is 0.292 e. The number of amides is 1. The number of hydrogen-bond acceptors (Lipinski definition) is 6. The highest BCUT2D eigenvalue weighted by atomic mass is 16.5. The van der Waals surface area contributed by atoms with Crippen LogP contribution in [0.5, 0.6) is 0 Å². The molecule has 1 N–H and O–H groups in total. The molecule has 2 aromatic rings. The molecule has 1 saturated carbocycles. The van der Waals surface area contributed by atoms with Crippen LogP contribution in [0.4, 0.5) is 0 Å². The van der Waals surface area contributed by atoms with Gasteiger partial charge in [0.05, 0.1) is 7.11 Å². The molecule has 3 rings (SSSR count). The molecule has 0 atom stereocenters. The predicted molar refractivity (Wildman–Crippen MR) is 88.7 cm³/mol. The van der Waals surface area contributed by atoms with Crippen LogP contribution in [0.3, 0.4) is 0 Å². The molecule has 0 bridgehead atoms. The number of ether oxygens (including phenoxy) is 1. The second-order valence-corrected chi connectivity index (χ2v) is 5.35. The Labute approximate surface area is 141 Å². The van der Waals surface area contributed by atoms with Gasteiger partial charge in [0.1, 0.15) is 12.0 Å². The summed E-state index contributed by atoms with van der Waals surface area (Å²) in [6.07, 6.45) is 12.4. The second-order valence-electron chi connectivity index (χ2n) is 5.35. The molecule has 2 heterocycles. The van der Waals surface area contributed by atoms with Crippen molar-refractivity contribution in [3.05, 3.63) is 36.7 Å². The van der Waals surface area contributed by atoms with Gasteiger partial charge < -0.3 is 10.1 Å². The van der Waals surface area contributed by atoms with Crippen LogP contribution in [0.25, 0.3) is 5.95 Å². The van der Waals surface area contributed by atoms with Crippen LogP contribution >= 0.6 is 0 Å². The number of carbonyl (C=O) groups excluding carboxylic acids is 2. The van der Waals surface area contributed by atoms with E-state index >= 15 is 0 Å². The Bertz CT molecular complexity index is 645. The molecule has 130 valence electrons. The van der Waals surface area contributed by atoms with Crippen molar-refractivity contribution in [3.8, 4) is 5.95 Å². The predicted octanol–water partition coefficient (Wildman–Crippen LogP) is 1.76. The first-order valence-electron chi connectivity index (χ1n) is 7.83. The van der Waals surface area contributed by atoms with E-state index in [2.05, 4.69) is 25.0 Å². The molecular weight excluding hydrogens is 310 g/mol. The van der Waals surface area contributed by atoms with Crippen LogP contribution in [0.15, 0.2) is 31.0 Å². The van der Waals surface area contributed by atoms with Crippen molar-refractivity contribution < 1.29 is 15.8 Å². The maximum atomic E-state index is 12.2. The number of hydrogen-bond donors (Lipinski definition) is 1. The van der Waals surface area contributed by atoms with E-state index in [1.807, 2.05) is 0 Å². The summed E-state index contributed by atoms with van der Waals surface area (Å²) in [6.45, 7) is 0.375. The van der Waals surface area contributed by atoms with E-state index in [1.54, 1.807) is 35.6 Å². The summed E-state index contributed by atoms with van der Waals surface area (Å²) in [7, 11) is 1.31. The number of nitrogens with zero attached hydrogens (tertiary/aromatic N) is 4. The molecule has 0 aliphatic heterocycles. The van der Waals surface area contributed by atoms with Gasteiger partial charge in [-0.15, -0.1) is 0 Å². The number of carbonyl (C=O) groups is 2. The zero-order valence-electron chi connectivity index (χ0n) is 13.6. The van der Waals surface area contributed by atoms with Gasteiger partial charge in [-0.25, -0.2) is 15.0 Å². The first-order chi connectivity index (χ1) is 11.7. The Morgan fingerprint density at radius 3 is 2.75 bits per heavy atom. The Hall–Kier alpha value is -2.77. The fraction of sp³-hybridized carbons (Fsp3) is 0.438. The first-order valence-corrected chi connectivity index (χ1v) is 7.83. The third-order valence-electron chi connectivity index (χ3n) is 3.65. The zero-order chi connectivity index (χ0) is 17.2. The highest BCUT2D eigenvalue weighted by Crippen LogP contribution is 2.17. The number of rotatable bonds is 4. The summed E-state index contributed by atoms with van der Waals surface area (Å²) in [6, 6.07) is 1.92. The van der Waals surface area contributed by atoms with Crippen molar-refractivity contribution >= 4 is 12.4 Å². The van der Waals surface area contributed by atoms with E-state index in [0.29, 0.717) is 18.1 Å². The molecule has 24 heavy (non-hydrogen) atoms. The van der Waals surface area contributed by atoms with Crippen LogP contribution < -0.4 is 5.32 Å². The third-order valence-corrected chi connectivity index (χ3v) is 3.65. The summed E-state index contributed by atoms with van der Waals surface area (Å²) < 4.78 is 5.54. The van der Waals surface area contributed by atoms with Crippen LogP contribution in [-0.4, -0.2) is 45.1 Å². The number of imidazole rings is 1. The van der Waals surface area contributed by atoms with Gasteiger partial charge in [-0.3, -0.25) is 14.2 Å². The van der Waals surface area contributed by atoms with Gasteiger partial charge in [0, 0.05) is 26.1 Å². The summed E-state index contributed by atoms with van der Waals surface area (Å²) in [5, 5.41) is 3.05. The molecule has 0 aromatic carbocycles. The van der Waals surface area contributed by atoms with Gasteiger partial charge in [0.2, 0.25) is 5.95 Å². The van der Waals surface area contributed by atoms with E-state index in [4.69, 9.17) is 4.79 Å². The number of methoxy groups -OCH3 is 1.